The molecule has 0 fully saturated rings. The fraction of sp³-hybridized carbons (Fsp3) is 0.222. The van der Waals surface area contributed by atoms with Crippen LogP contribution in [0.1, 0.15) is 21.5 Å². The molecule has 0 aliphatic carbocycles. The molecule has 1 aromatic carbocycles. The smallest absolute Gasteiger partial charge is 0.339 e. The van der Waals surface area contributed by atoms with E-state index in [9.17, 15) is 13.6 Å². The summed E-state index contributed by atoms with van der Waals surface area (Å²) in [4.78, 5) is 10.5. The van der Waals surface area contributed by atoms with Crippen LogP contribution < -0.4 is 0 Å². The van der Waals surface area contributed by atoms with Gasteiger partial charge in [-0.25, -0.2) is 13.6 Å². The summed E-state index contributed by atoms with van der Waals surface area (Å²) < 4.78 is 25.7. The van der Waals surface area contributed by atoms with Crippen LogP contribution >= 0.6 is 0 Å². The summed E-state index contributed by atoms with van der Waals surface area (Å²) in [6, 6.07) is 0.983. The molecule has 0 bridgehead atoms. The van der Waals surface area contributed by atoms with E-state index in [2.05, 4.69) is 0 Å². The number of hydrogen-bond acceptors (Lipinski definition) is 1. The molecule has 13 heavy (non-hydrogen) atoms. The molecule has 1 N–H and O–H groups in total. The van der Waals surface area contributed by atoms with Gasteiger partial charge in [-0.2, -0.15) is 0 Å². The molecule has 4 heteroatoms. The predicted octanol–water partition coefficient (Wildman–Crippen LogP) is 2.28. The van der Waals surface area contributed by atoms with Crippen molar-refractivity contribution in [3.05, 3.63) is 34.4 Å². The minimum Gasteiger partial charge on any atom is -0.478 e. The number of rotatable bonds is 1. The quantitative estimate of drug-likeness (QED) is 0.730. The Bertz CT molecular complexity index is 346. The first kappa shape index (κ1) is 9.64. The molecule has 0 aliphatic rings. The van der Waals surface area contributed by atoms with E-state index in [1.54, 1.807) is 0 Å². The second kappa shape index (κ2) is 3.12. The predicted molar refractivity (Wildman–Crippen MR) is 42.8 cm³/mol. The lowest BCUT2D eigenvalue weighted by Crippen LogP contribution is -2.07. The van der Waals surface area contributed by atoms with Gasteiger partial charge in [0.25, 0.3) is 0 Å². The van der Waals surface area contributed by atoms with Gasteiger partial charge in [-0.05, 0) is 31.0 Å². The van der Waals surface area contributed by atoms with Crippen LogP contribution in [0.2, 0.25) is 0 Å². The van der Waals surface area contributed by atoms with Crippen LogP contribution in [0, 0.1) is 25.5 Å². The monoisotopic (exact) mass is 186 g/mol. The second-order valence-electron chi connectivity index (χ2n) is 2.79. The number of carboxylic acid groups (broad SMARTS) is 1. The van der Waals surface area contributed by atoms with Crippen molar-refractivity contribution in [3.8, 4) is 0 Å². The van der Waals surface area contributed by atoms with Crippen LogP contribution in [0.25, 0.3) is 0 Å². The first-order valence-electron chi connectivity index (χ1n) is 3.63. The molecule has 0 saturated heterocycles. The van der Waals surface area contributed by atoms with Crippen molar-refractivity contribution in [2.75, 3.05) is 0 Å². The minimum atomic E-state index is -1.45. The second-order valence-corrected chi connectivity index (χ2v) is 2.79. The van der Waals surface area contributed by atoms with E-state index in [0.717, 1.165) is 6.07 Å². The highest BCUT2D eigenvalue weighted by Gasteiger charge is 2.19. The van der Waals surface area contributed by atoms with E-state index >= 15 is 0 Å². The molecule has 0 radical (unpaired) electrons. The molecule has 0 saturated carbocycles. The topological polar surface area (TPSA) is 37.3 Å². The lowest BCUT2D eigenvalue weighted by molar-refractivity contribution is 0.0689. The molecule has 70 valence electrons. The Morgan fingerprint density at radius 2 is 1.92 bits per heavy atom. The van der Waals surface area contributed by atoms with Crippen LogP contribution in [0.3, 0.4) is 0 Å². The molecule has 0 spiro atoms. The molecular weight excluding hydrogens is 178 g/mol. The molecule has 0 aromatic heterocycles. The van der Waals surface area contributed by atoms with Crippen molar-refractivity contribution in [3.63, 3.8) is 0 Å². The molecule has 0 amide bonds. The fourth-order valence-corrected chi connectivity index (χ4v) is 1.10. The van der Waals surface area contributed by atoms with Gasteiger partial charge in [0, 0.05) is 0 Å². The maximum atomic E-state index is 12.9. The Morgan fingerprint density at radius 1 is 1.38 bits per heavy atom. The SMILES string of the molecule is Cc1cc(F)c(F)c(C(=O)O)c1C. The zero-order valence-electron chi connectivity index (χ0n) is 7.19. The number of halogens is 2. The highest BCUT2D eigenvalue weighted by Crippen LogP contribution is 2.19. The summed E-state index contributed by atoms with van der Waals surface area (Å²) >= 11 is 0. The third-order valence-corrected chi connectivity index (χ3v) is 1.95. The van der Waals surface area contributed by atoms with E-state index in [0.29, 0.717) is 5.56 Å². The van der Waals surface area contributed by atoms with Crippen molar-refractivity contribution < 1.29 is 18.7 Å². The molecule has 0 atom stereocenters. The number of aromatic carboxylic acids is 1. The van der Waals surface area contributed by atoms with Gasteiger partial charge < -0.3 is 5.11 Å². The van der Waals surface area contributed by atoms with Crippen LogP contribution in [0.4, 0.5) is 8.78 Å². The van der Waals surface area contributed by atoms with Crippen molar-refractivity contribution in [1.82, 2.24) is 0 Å². The van der Waals surface area contributed by atoms with Crippen molar-refractivity contribution in [2.24, 2.45) is 0 Å². The summed E-state index contributed by atoms with van der Waals surface area (Å²) in [5.74, 6) is -3.87. The largest absolute Gasteiger partial charge is 0.478 e. The van der Waals surface area contributed by atoms with Gasteiger partial charge in [-0.1, -0.05) is 0 Å². The number of benzene rings is 1. The minimum absolute atomic E-state index is 0.256. The average molecular weight is 186 g/mol. The molecule has 1 rings (SSSR count). The summed E-state index contributed by atoms with van der Waals surface area (Å²) in [7, 11) is 0. The van der Waals surface area contributed by atoms with Crippen molar-refractivity contribution in [2.45, 2.75) is 13.8 Å². The van der Waals surface area contributed by atoms with E-state index in [-0.39, 0.29) is 5.56 Å². The van der Waals surface area contributed by atoms with E-state index in [4.69, 9.17) is 5.11 Å². The number of hydrogen-bond donors (Lipinski definition) is 1. The fourth-order valence-electron chi connectivity index (χ4n) is 1.10. The van der Waals surface area contributed by atoms with Crippen molar-refractivity contribution in [1.29, 1.82) is 0 Å². The Labute approximate surface area is 73.8 Å². The lowest BCUT2D eigenvalue weighted by atomic mass is 10.0. The number of carbonyl (C=O) groups is 1. The third-order valence-electron chi connectivity index (χ3n) is 1.95. The number of aryl methyl sites for hydroxylation is 1. The first-order valence-corrected chi connectivity index (χ1v) is 3.63. The summed E-state index contributed by atoms with van der Waals surface area (Å²) in [6.07, 6.45) is 0. The van der Waals surface area contributed by atoms with Crippen LogP contribution in [-0.2, 0) is 0 Å². The van der Waals surface area contributed by atoms with Crippen LogP contribution in [0.5, 0.6) is 0 Å². The Morgan fingerprint density at radius 3 is 2.38 bits per heavy atom. The average Bonchev–Trinajstić information content (AvgIpc) is 2.01. The van der Waals surface area contributed by atoms with Gasteiger partial charge in [-0.3, -0.25) is 0 Å². The van der Waals surface area contributed by atoms with Crippen LogP contribution in [0.15, 0.2) is 6.07 Å². The Hall–Kier alpha value is -1.45. The number of carboxylic acids is 1. The van der Waals surface area contributed by atoms with Gasteiger partial charge in [-0.15, -0.1) is 0 Å². The van der Waals surface area contributed by atoms with Gasteiger partial charge >= 0.3 is 5.97 Å². The molecule has 0 unspecified atom stereocenters. The van der Waals surface area contributed by atoms with E-state index in [1.807, 2.05) is 0 Å². The molecule has 0 aliphatic heterocycles. The normalized spacial score (nSPS) is 10.2. The lowest BCUT2D eigenvalue weighted by Gasteiger charge is -2.06. The maximum absolute atomic E-state index is 12.9. The molecule has 2 nitrogen and oxygen atoms in total. The summed E-state index contributed by atoms with van der Waals surface area (Å²) in [5, 5.41) is 8.59. The standard InChI is InChI=1S/C9H8F2O2/c1-4-3-6(10)8(11)7(5(4)2)9(12)13/h3H,1-2H3,(H,12,13). The van der Waals surface area contributed by atoms with Gasteiger partial charge in [0.05, 0.1) is 0 Å². The molecule has 1 aromatic rings. The first-order chi connectivity index (χ1) is 5.95. The van der Waals surface area contributed by atoms with Crippen molar-refractivity contribution >= 4 is 5.97 Å². The van der Waals surface area contributed by atoms with Crippen LogP contribution in [-0.4, -0.2) is 11.1 Å². The van der Waals surface area contributed by atoms with Gasteiger partial charge in [0.1, 0.15) is 5.56 Å². The van der Waals surface area contributed by atoms with Gasteiger partial charge in [0.2, 0.25) is 0 Å². The molecule has 0 heterocycles. The highest BCUT2D eigenvalue weighted by molar-refractivity contribution is 5.90. The summed E-state index contributed by atoms with van der Waals surface area (Å²) in [6.45, 7) is 2.98. The Kier molecular flexibility index (Phi) is 2.32. The maximum Gasteiger partial charge on any atom is 0.339 e. The molecular formula is C9H8F2O2. The zero-order valence-corrected chi connectivity index (χ0v) is 7.19. The Balaban J connectivity index is 3.56. The highest BCUT2D eigenvalue weighted by atomic mass is 19.2. The van der Waals surface area contributed by atoms with E-state index < -0.39 is 23.2 Å². The summed E-state index contributed by atoms with van der Waals surface area (Å²) in [5.41, 5.74) is 0.0974. The van der Waals surface area contributed by atoms with E-state index in [1.165, 1.54) is 13.8 Å². The third kappa shape index (κ3) is 1.52. The van der Waals surface area contributed by atoms with Gasteiger partial charge in [0.15, 0.2) is 11.6 Å². The zero-order chi connectivity index (χ0) is 10.2.